The average Bonchev–Trinajstić information content (AvgIpc) is 2.78. The highest BCUT2D eigenvalue weighted by Crippen LogP contribution is 2.32. The van der Waals surface area contributed by atoms with E-state index in [1.807, 2.05) is 54.6 Å². The third kappa shape index (κ3) is 3.22. The first-order valence-corrected chi connectivity index (χ1v) is 7.96. The van der Waals surface area contributed by atoms with Gasteiger partial charge in [-0.25, -0.2) is 0 Å². The number of rotatable bonds is 3. The summed E-state index contributed by atoms with van der Waals surface area (Å²) in [5.41, 5.74) is 7.07. The maximum Gasteiger partial charge on any atom is 0.244 e. The molecule has 0 spiro atoms. The molecule has 1 aliphatic heterocycles. The maximum atomic E-state index is 12.8. The average molecular weight is 310 g/mol. The number of para-hydroxylation sites is 1. The minimum absolute atomic E-state index is 0.0761. The van der Waals surface area contributed by atoms with E-state index in [2.05, 4.69) is 5.32 Å². The fourth-order valence-corrected chi connectivity index (χ4v) is 2.90. The summed E-state index contributed by atoms with van der Waals surface area (Å²) < 4.78 is 5.75. The van der Waals surface area contributed by atoms with Crippen LogP contribution in [-0.4, -0.2) is 12.5 Å². The summed E-state index contributed by atoms with van der Waals surface area (Å²) in [4.78, 5) is 12.8. The first-order valence-electron chi connectivity index (χ1n) is 7.96. The quantitative estimate of drug-likeness (QED) is 0.916. The number of ether oxygens (including phenoxy) is 1. The Hall–Kier alpha value is -2.33. The van der Waals surface area contributed by atoms with E-state index < -0.39 is 5.54 Å². The summed E-state index contributed by atoms with van der Waals surface area (Å²) in [6.45, 7) is 2.42. The SMILES string of the molecule is CC(N)(C(=O)NC1CCCOc2ccccc21)c1ccccc1. The van der Waals surface area contributed by atoms with Gasteiger partial charge in [0.25, 0.3) is 0 Å². The largest absolute Gasteiger partial charge is 0.493 e. The molecule has 0 radical (unpaired) electrons. The highest BCUT2D eigenvalue weighted by molar-refractivity contribution is 5.87. The minimum atomic E-state index is -1.07. The van der Waals surface area contributed by atoms with Crippen molar-refractivity contribution >= 4 is 5.91 Å². The first-order chi connectivity index (χ1) is 11.1. The third-order valence-electron chi connectivity index (χ3n) is 4.34. The van der Waals surface area contributed by atoms with E-state index in [1.54, 1.807) is 6.92 Å². The number of hydrogen-bond acceptors (Lipinski definition) is 3. The first kappa shape index (κ1) is 15.6. The topological polar surface area (TPSA) is 64.4 Å². The second kappa shape index (κ2) is 6.42. The van der Waals surface area contributed by atoms with Crippen molar-refractivity contribution in [2.45, 2.75) is 31.3 Å². The van der Waals surface area contributed by atoms with Gasteiger partial charge < -0.3 is 15.8 Å². The van der Waals surface area contributed by atoms with Crippen molar-refractivity contribution < 1.29 is 9.53 Å². The van der Waals surface area contributed by atoms with Crippen molar-refractivity contribution in [3.05, 3.63) is 65.7 Å². The zero-order valence-electron chi connectivity index (χ0n) is 13.3. The van der Waals surface area contributed by atoms with Crippen molar-refractivity contribution in [1.82, 2.24) is 5.32 Å². The normalized spacial score (nSPS) is 19.7. The number of carbonyl (C=O) groups is 1. The van der Waals surface area contributed by atoms with Crippen LogP contribution < -0.4 is 15.8 Å². The van der Waals surface area contributed by atoms with Crippen LogP contribution in [0.5, 0.6) is 5.75 Å². The lowest BCUT2D eigenvalue weighted by atomic mass is 9.91. The van der Waals surface area contributed by atoms with Gasteiger partial charge in [0.05, 0.1) is 12.6 Å². The molecule has 0 saturated heterocycles. The van der Waals surface area contributed by atoms with Gasteiger partial charge in [0, 0.05) is 5.56 Å². The monoisotopic (exact) mass is 310 g/mol. The Morgan fingerprint density at radius 1 is 1.17 bits per heavy atom. The molecule has 3 N–H and O–H groups in total. The van der Waals surface area contributed by atoms with E-state index in [0.717, 1.165) is 29.7 Å². The number of hydrogen-bond donors (Lipinski definition) is 2. The number of nitrogens with one attached hydrogen (secondary N) is 1. The van der Waals surface area contributed by atoms with Gasteiger partial charge in [-0.1, -0.05) is 48.5 Å². The molecule has 0 fully saturated rings. The van der Waals surface area contributed by atoms with Crippen molar-refractivity contribution in [1.29, 1.82) is 0 Å². The van der Waals surface area contributed by atoms with Crippen molar-refractivity contribution in [2.75, 3.05) is 6.61 Å². The van der Waals surface area contributed by atoms with E-state index >= 15 is 0 Å². The van der Waals surface area contributed by atoms with Crippen LogP contribution in [0, 0.1) is 0 Å². The second-order valence-electron chi connectivity index (χ2n) is 6.12. The summed E-state index contributed by atoms with van der Waals surface area (Å²) in [6, 6.07) is 17.2. The Morgan fingerprint density at radius 3 is 2.65 bits per heavy atom. The van der Waals surface area contributed by atoms with Crippen LogP contribution in [0.1, 0.15) is 36.9 Å². The number of nitrogens with two attached hydrogens (primary N) is 1. The summed E-state index contributed by atoms with van der Waals surface area (Å²) in [7, 11) is 0. The zero-order chi connectivity index (χ0) is 16.3. The van der Waals surface area contributed by atoms with Crippen LogP contribution in [0.15, 0.2) is 54.6 Å². The molecule has 0 bridgehead atoms. The summed E-state index contributed by atoms with van der Waals surface area (Å²) >= 11 is 0. The van der Waals surface area contributed by atoms with Crippen LogP contribution in [0.3, 0.4) is 0 Å². The Bertz CT molecular complexity index is 683. The van der Waals surface area contributed by atoms with Gasteiger partial charge >= 0.3 is 0 Å². The van der Waals surface area contributed by atoms with Crippen molar-refractivity contribution in [3.63, 3.8) is 0 Å². The summed E-state index contributed by atoms with van der Waals surface area (Å²) in [5.74, 6) is 0.666. The minimum Gasteiger partial charge on any atom is -0.493 e. The molecule has 23 heavy (non-hydrogen) atoms. The summed E-state index contributed by atoms with van der Waals surface area (Å²) in [6.07, 6.45) is 1.74. The van der Waals surface area contributed by atoms with Crippen molar-refractivity contribution in [3.8, 4) is 5.75 Å². The van der Waals surface area contributed by atoms with E-state index in [9.17, 15) is 4.79 Å². The van der Waals surface area contributed by atoms with Gasteiger partial charge in [-0.2, -0.15) is 0 Å². The molecule has 0 saturated carbocycles. The Labute approximate surface area is 136 Å². The zero-order valence-corrected chi connectivity index (χ0v) is 13.3. The molecule has 2 atom stereocenters. The van der Waals surface area contributed by atoms with E-state index in [-0.39, 0.29) is 11.9 Å². The van der Waals surface area contributed by atoms with Gasteiger partial charge in [0.2, 0.25) is 5.91 Å². The van der Waals surface area contributed by atoms with Gasteiger partial charge in [-0.15, -0.1) is 0 Å². The van der Waals surface area contributed by atoms with Crippen LogP contribution >= 0.6 is 0 Å². The van der Waals surface area contributed by atoms with E-state index in [0.29, 0.717) is 6.61 Å². The molecule has 1 aliphatic rings. The molecule has 0 aliphatic carbocycles. The lowest BCUT2D eigenvalue weighted by molar-refractivity contribution is -0.126. The third-order valence-corrected chi connectivity index (χ3v) is 4.34. The molecule has 2 aromatic carbocycles. The Balaban J connectivity index is 1.83. The van der Waals surface area contributed by atoms with Gasteiger partial charge in [0.15, 0.2) is 0 Å². The Kier molecular flexibility index (Phi) is 4.35. The lowest BCUT2D eigenvalue weighted by Gasteiger charge is -2.27. The number of carbonyl (C=O) groups excluding carboxylic acids is 1. The molecule has 2 aromatic rings. The number of fused-ring (bicyclic) bond motifs is 1. The molecule has 4 heteroatoms. The molecule has 1 heterocycles. The van der Waals surface area contributed by atoms with E-state index in [4.69, 9.17) is 10.5 Å². The predicted molar refractivity (Wildman–Crippen MR) is 90.0 cm³/mol. The Morgan fingerprint density at radius 2 is 1.87 bits per heavy atom. The van der Waals surface area contributed by atoms with Crippen molar-refractivity contribution in [2.24, 2.45) is 5.73 Å². The molecular formula is C19H22N2O2. The van der Waals surface area contributed by atoms with Gasteiger partial charge in [-0.3, -0.25) is 4.79 Å². The fraction of sp³-hybridized carbons (Fsp3) is 0.316. The molecule has 120 valence electrons. The molecule has 4 nitrogen and oxygen atoms in total. The highest BCUT2D eigenvalue weighted by atomic mass is 16.5. The second-order valence-corrected chi connectivity index (χ2v) is 6.12. The van der Waals surface area contributed by atoms with Crippen LogP contribution in [0.2, 0.25) is 0 Å². The van der Waals surface area contributed by atoms with Gasteiger partial charge in [-0.05, 0) is 31.4 Å². The fourth-order valence-electron chi connectivity index (χ4n) is 2.90. The van der Waals surface area contributed by atoms with Gasteiger partial charge in [0.1, 0.15) is 11.3 Å². The smallest absolute Gasteiger partial charge is 0.244 e. The van der Waals surface area contributed by atoms with Crippen LogP contribution in [0.25, 0.3) is 0 Å². The molecule has 3 rings (SSSR count). The maximum absolute atomic E-state index is 12.8. The van der Waals surface area contributed by atoms with Crippen LogP contribution in [0.4, 0.5) is 0 Å². The molecular weight excluding hydrogens is 288 g/mol. The number of amides is 1. The standard InChI is InChI=1S/C19H22N2O2/c1-19(20,14-8-3-2-4-9-14)18(22)21-16-11-7-13-23-17-12-6-5-10-15(16)17/h2-6,8-10,12,16H,7,11,13,20H2,1H3,(H,21,22). The molecule has 0 aromatic heterocycles. The van der Waals surface area contributed by atoms with E-state index in [1.165, 1.54) is 0 Å². The lowest BCUT2D eigenvalue weighted by Crippen LogP contribution is -2.49. The molecule has 2 unspecified atom stereocenters. The predicted octanol–water partition coefficient (Wildman–Crippen LogP) is 2.89. The number of benzene rings is 2. The summed E-state index contributed by atoms with van der Waals surface area (Å²) in [5, 5.41) is 3.11. The molecule has 1 amide bonds. The highest BCUT2D eigenvalue weighted by Gasteiger charge is 2.33. The van der Waals surface area contributed by atoms with Crippen LogP contribution in [-0.2, 0) is 10.3 Å².